The zero-order chi connectivity index (χ0) is 30.7. The molecule has 0 bridgehead atoms. The number of benzene rings is 2. The number of likely N-dealkylation sites (N-methyl/N-ethyl adjacent to an activating group) is 1. The lowest BCUT2D eigenvalue weighted by atomic mass is 9.93. The Labute approximate surface area is 253 Å². The van der Waals surface area contributed by atoms with E-state index in [-0.39, 0.29) is 60.5 Å². The molecule has 2 aliphatic carbocycles. The van der Waals surface area contributed by atoms with Gasteiger partial charge in [-0.1, -0.05) is 24.8 Å². The van der Waals surface area contributed by atoms with Crippen molar-refractivity contribution in [3.63, 3.8) is 0 Å². The van der Waals surface area contributed by atoms with Gasteiger partial charge in [0.1, 0.15) is 29.8 Å². The molecule has 4 aliphatic rings. The van der Waals surface area contributed by atoms with Crippen LogP contribution in [0.5, 0.6) is 6.01 Å². The van der Waals surface area contributed by atoms with Gasteiger partial charge in [0.2, 0.25) is 6.54 Å². The van der Waals surface area contributed by atoms with Crippen molar-refractivity contribution in [2.24, 2.45) is 5.92 Å². The molecule has 0 radical (unpaired) electrons. The molecule has 2 aliphatic heterocycles. The van der Waals surface area contributed by atoms with E-state index in [0.717, 1.165) is 43.4 Å². The Balaban J connectivity index is 1.32. The molecule has 1 amide bonds. The highest BCUT2D eigenvalue weighted by atomic mass is 19.1. The third kappa shape index (κ3) is 4.85. The minimum absolute atomic E-state index is 0.0258. The highest BCUT2D eigenvalue weighted by Gasteiger charge is 2.46. The summed E-state index contributed by atoms with van der Waals surface area (Å²) >= 11 is 0. The first-order chi connectivity index (χ1) is 21.2. The first kappa shape index (κ1) is 28.6. The summed E-state index contributed by atoms with van der Waals surface area (Å²) in [6, 6.07) is 6.42. The number of halogens is 3. The molecule has 11 heteroatoms. The van der Waals surface area contributed by atoms with Crippen LogP contribution < -0.4 is 9.64 Å². The van der Waals surface area contributed by atoms with Crippen LogP contribution in [0, 0.1) is 24.1 Å². The van der Waals surface area contributed by atoms with Crippen molar-refractivity contribution in [3.8, 4) is 17.1 Å². The molecule has 1 saturated carbocycles. The van der Waals surface area contributed by atoms with E-state index in [4.69, 9.17) is 11.3 Å². The van der Waals surface area contributed by atoms with Crippen LogP contribution in [-0.4, -0.2) is 84.1 Å². The Kier molecular flexibility index (Phi) is 7.20. The molecule has 0 N–H and O–H groups in total. The molecule has 7 rings (SSSR count). The Bertz CT molecular complexity index is 1720. The van der Waals surface area contributed by atoms with Gasteiger partial charge in [-0.2, -0.15) is 9.97 Å². The van der Waals surface area contributed by atoms with Gasteiger partial charge in [0.05, 0.1) is 5.56 Å². The Morgan fingerprint density at radius 1 is 1.20 bits per heavy atom. The van der Waals surface area contributed by atoms with Crippen LogP contribution in [0.25, 0.3) is 26.9 Å². The van der Waals surface area contributed by atoms with Crippen molar-refractivity contribution in [2.45, 2.75) is 43.7 Å². The fourth-order valence-corrected chi connectivity index (χ4v) is 7.36. The minimum Gasteiger partial charge on any atom is -0.462 e. The number of likely N-dealkylation sites (tertiary alicyclic amines) is 1. The van der Waals surface area contributed by atoms with Crippen LogP contribution in [0.4, 0.5) is 19.0 Å². The molecule has 4 atom stereocenters. The first-order valence-corrected chi connectivity index (χ1v) is 15.1. The quantitative estimate of drug-likeness (QED) is 0.276. The molecular weight excluding hydrogens is 569 g/mol. The maximum Gasteiger partial charge on any atom is 0.319 e. The molecule has 0 unspecified atom stereocenters. The van der Waals surface area contributed by atoms with Crippen molar-refractivity contribution in [1.29, 1.82) is 0 Å². The van der Waals surface area contributed by atoms with Crippen LogP contribution in [0.15, 0.2) is 36.7 Å². The smallest absolute Gasteiger partial charge is 0.319 e. The van der Waals surface area contributed by atoms with Crippen LogP contribution in [0.3, 0.4) is 0 Å². The van der Waals surface area contributed by atoms with Crippen LogP contribution >= 0.6 is 0 Å². The van der Waals surface area contributed by atoms with Gasteiger partial charge in [-0.05, 0) is 73.9 Å². The molecule has 3 heterocycles. The monoisotopic (exact) mass is 602 g/mol. The number of ether oxygens (including phenoxy) is 1. The van der Waals surface area contributed by atoms with E-state index in [0.29, 0.717) is 24.0 Å². The number of aromatic nitrogens is 2. The summed E-state index contributed by atoms with van der Waals surface area (Å²) < 4.78 is 52.6. The van der Waals surface area contributed by atoms with Gasteiger partial charge in [-0.25, -0.2) is 19.7 Å². The third-order valence-corrected chi connectivity index (χ3v) is 9.74. The number of carbonyl (C=O) groups is 1. The number of anilines is 1. The summed E-state index contributed by atoms with van der Waals surface area (Å²) in [6.45, 7) is 12.1. The first-order valence-electron chi connectivity index (χ1n) is 15.1. The minimum atomic E-state index is -1.10. The van der Waals surface area contributed by atoms with E-state index in [1.54, 1.807) is 11.0 Å². The molecule has 3 fully saturated rings. The normalized spacial score (nSPS) is 24.2. The number of carbonyl (C=O) groups excluding carboxylic acids is 1. The summed E-state index contributed by atoms with van der Waals surface area (Å²) in [5.41, 5.74) is 2.58. The molecule has 1 aromatic heterocycles. The lowest BCUT2D eigenvalue weighted by Crippen LogP contribution is -2.56. The summed E-state index contributed by atoms with van der Waals surface area (Å²) in [5, 5.41) is 0.169. The number of hydrogen-bond donors (Lipinski definition) is 0. The van der Waals surface area contributed by atoms with E-state index in [1.807, 2.05) is 19.2 Å². The average molecular weight is 603 g/mol. The van der Waals surface area contributed by atoms with E-state index in [9.17, 15) is 9.18 Å². The van der Waals surface area contributed by atoms with Crippen molar-refractivity contribution in [3.05, 3.63) is 70.8 Å². The van der Waals surface area contributed by atoms with Gasteiger partial charge in [-0.3, -0.25) is 4.79 Å². The standard InChI is InChI=1S/C33H33F3N6O2/c1-18(34)32(43)42-11-10-41(16-22(42)15-37-2)31-25-14-26(35)28(23-8-4-6-19-12-20-13-24(20)27(19)23)29(36)30(25)38-33(39-31)44-17-21-7-5-9-40(21)3/h4,6,8,14,20-22,24H,1,5,7,9-13,15-17H2,3H3/t20-,21+,22+,24+/m1/s1. The van der Waals surface area contributed by atoms with Gasteiger partial charge < -0.3 is 24.3 Å². The highest BCUT2D eigenvalue weighted by Crippen LogP contribution is 2.59. The number of hydrogen-bond acceptors (Lipinski definition) is 6. The van der Waals surface area contributed by atoms with Crippen LogP contribution in [0.2, 0.25) is 0 Å². The van der Waals surface area contributed by atoms with Gasteiger partial charge in [0, 0.05) is 31.1 Å². The van der Waals surface area contributed by atoms with Gasteiger partial charge in [0.25, 0.3) is 5.91 Å². The molecule has 2 saturated heterocycles. The summed E-state index contributed by atoms with van der Waals surface area (Å²) in [6.07, 6.45) is 3.97. The zero-order valence-electron chi connectivity index (χ0n) is 24.5. The maximum atomic E-state index is 16.7. The van der Waals surface area contributed by atoms with Gasteiger partial charge >= 0.3 is 6.01 Å². The largest absolute Gasteiger partial charge is 0.462 e. The fourth-order valence-electron chi connectivity index (χ4n) is 7.36. The van der Waals surface area contributed by atoms with Crippen LogP contribution in [0.1, 0.15) is 36.3 Å². The zero-order valence-corrected chi connectivity index (χ0v) is 24.5. The SMILES string of the molecule is [C-]#[N+]C[C@H]1CN(c2nc(OC[C@@H]3CCCN3C)nc3c(F)c(-c4cccc5c4[C@H]4C[C@H]4C5)c(F)cc23)CCN1C(=O)C(=C)F. The number of amides is 1. The molecule has 228 valence electrons. The number of nitrogens with zero attached hydrogens (tertiary/aromatic N) is 6. The second kappa shape index (κ2) is 11.1. The van der Waals surface area contributed by atoms with Crippen molar-refractivity contribution in [1.82, 2.24) is 19.8 Å². The molecule has 44 heavy (non-hydrogen) atoms. The van der Waals surface area contributed by atoms with Crippen molar-refractivity contribution >= 4 is 22.6 Å². The molecule has 0 spiro atoms. The lowest BCUT2D eigenvalue weighted by molar-refractivity contribution is -0.131. The molecular formula is C33H33F3N6O2. The van der Waals surface area contributed by atoms with Gasteiger partial charge in [-0.15, -0.1) is 0 Å². The fraction of sp³-hybridized carbons (Fsp3) is 0.455. The lowest BCUT2D eigenvalue weighted by Gasteiger charge is -2.39. The van der Waals surface area contributed by atoms with E-state index in [1.165, 1.54) is 11.0 Å². The van der Waals surface area contributed by atoms with Crippen molar-refractivity contribution < 1.29 is 22.7 Å². The predicted molar refractivity (Wildman–Crippen MR) is 160 cm³/mol. The molecule has 2 aromatic carbocycles. The summed E-state index contributed by atoms with van der Waals surface area (Å²) in [5.74, 6) is -2.33. The van der Waals surface area contributed by atoms with E-state index in [2.05, 4.69) is 26.3 Å². The molecule has 3 aromatic rings. The average Bonchev–Trinajstić information content (AvgIpc) is 3.48. The predicted octanol–water partition coefficient (Wildman–Crippen LogP) is 5.13. The summed E-state index contributed by atoms with van der Waals surface area (Å²) in [7, 11) is 2.02. The molecule has 8 nitrogen and oxygen atoms in total. The second-order valence-electron chi connectivity index (χ2n) is 12.4. The number of piperazine rings is 1. The van der Waals surface area contributed by atoms with E-state index < -0.39 is 29.4 Å². The number of fused-ring (bicyclic) bond motifs is 4. The van der Waals surface area contributed by atoms with Crippen molar-refractivity contribution in [2.75, 3.05) is 51.3 Å². The Morgan fingerprint density at radius 2 is 2.05 bits per heavy atom. The summed E-state index contributed by atoms with van der Waals surface area (Å²) in [4.78, 5) is 30.3. The third-order valence-electron chi connectivity index (χ3n) is 9.74. The van der Waals surface area contributed by atoms with Crippen LogP contribution in [-0.2, 0) is 11.2 Å². The maximum absolute atomic E-state index is 16.7. The van der Waals surface area contributed by atoms with Gasteiger partial charge in [0.15, 0.2) is 11.6 Å². The second-order valence-corrected chi connectivity index (χ2v) is 12.4. The highest BCUT2D eigenvalue weighted by molar-refractivity contribution is 5.95. The van der Waals surface area contributed by atoms with E-state index >= 15 is 8.78 Å². The Hall–Kier alpha value is -4.17. The topological polar surface area (TPSA) is 66.2 Å². The number of rotatable bonds is 7. The Morgan fingerprint density at radius 3 is 2.80 bits per heavy atom.